The van der Waals surface area contributed by atoms with E-state index in [4.69, 9.17) is 21.3 Å². The first-order chi connectivity index (χ1) is 17.1. The van der Waals surface area contributed by atoms with Crippen molar-refractivity contribution in [2.75, 3.05) is 0 Å². The normalized spacial score (nSPS) is 22.0. The van der Waals surface area contributed by atoms with Crippen molar-refractivity contribution in [1.29, 1.82) is 0 Å². The molecule has 176 valence electrons. The zero-order valence-corrected chi connectivity index (χ0v) is 20.2. The van der Waals surface area contributed by atoms with Crippen LogP contribution in [0, 0.1) is 5.92 Å². The predicted molar refractivity (Wildman–Crippen MR) is 138 cm³/mol. The highest BCUT2D eigenvalue weighted by atomic mass is 35.5. The van der Waals surface area contributed by atoms with Crippen LogP contribution in [0.3, 0.4) is 0 Å². The molecule has 3 aromatic rings. The molecule has 0 amide bonds. The quantitative estimate of drug-likeness (QED) is 0.402. The number of carbonyl (C=O) groups excluding carboxylic acids is 2. The Morgan fingerprint density at radius 1 is 0.886 bits per heavy atom. The predicted octanol–water partition coefficient (Wildman–Crippen LogP) is 6.99. The Morgan fingerprint density at radius 2 is 1.71 bits per heavy atom. The third kappa shape index (κ3) is 4.00. The van der Waals surface area contributed by atoms with Crippen LogP contribution in [0.5, 0.6) is 5.75 Å². The number of nitrogens with zero attached hydrogens (tertiary/aromatic N) is 1. The molecule has 0 bridgehead atoms. The van der Waals surface area contributed by atoms with Gasteiger partial charge in [0.15, 0.2) is 5.78 Å². The average molecular weight is 484 g/mol. The molecule has 2 aliphatic carbocycles. The minimum atomic E-state index is -0.414. The summed E-state index contributed by atoms with van der Waals surface area (Å²) >= 11 is 6.48. The van der Waals surface area contributed by atoms with Crippen LogP contribution >= 0.6 is 11.6 Å². The molecule has 0 spiro atoms. The topological polar surface area (TPSA) is 55.7 Å². The lowest BCUT2D eigenvalue weighted by Crippen LogP contribution is -2.39. The van der Waals surface area contributed by atoms with Gasteiger partial charge in [0.1, 0.15) is 18.1 Å². The number of hydrogen-bond acceptors (Lipinski definition) is 4. The maximum atomic E-state index is 13.2. The van der Waals surface area contributed by atoms with E-state index in [9.17, 15) is 9.59 Å². The number of fused-ring (bicyclic) bond motifs is 2. The van der Waals surface area contributed by atoms with Crippen LogP contribution < -0.4 is 4.74 Å². The first-order valence-electron chi connectivity index (χ1n) is 12.4. The van der Waals surface area contributed by atoms with Crippen molar-refractivity contribution in [3.05, 3.63) is 88.1 Å². The van der Waals surface area contributed by atoms with Crippen LogP contribution in [-0.4, -0.2) is 17.3 Å². The summed E-state index contributed by atoms with van der Waals surface area (Å²) in [4.78, 5) is 31.3. The fourth-order valence-corrected chi connectivity index (χ4v) is 6.08. The van der Waals surface area contributed by atoms with Gasteiger partial charge in [-0.15, -0.1) is 0 Å². The number of halogens is 1. The van der Waals surface area contributed by atoms with E-state index in [0.717, 1.165) is 59.0 Å². The van der Waals surface area contributed by atoms with E-state index in [2.05, 4.69) is 24.3 Å². The van der Waals surface area contributed by atoms with Gasteiger partial charge in [-0.3, -0.25) is 14.6 Å². The highest BCUT2D eigenvalue weighted by Crippen LogP contribution is 2.48. The van der Waals surface area contributed by atoms with E-state index in [-0.39, 0.29) is 17.5 Å². The van der Waals surface area contributed by atoms with Gasteiger partial charge in [-0.25, -0.2) is 0 Å². The Kier molecular flexibility index (Phi) is 5.77. The molecule has 0 radical (unpaired) electrons. The SMILES string of the molecule is O=C1CCCC2=C1[C@H](c1cc(Cl)ccc1OCc1cccc3ccccc13)C1C(=O)CCCC1=N2. The first kappa shape index (κ1) is 22.2. The molecule has 0 saturated heterocycles. The van der Waals surface area contributed by atoms with Crippen molar-refractivity contribution in [2.24, 2.45) is 10.9 Å². The van der Waals surface area contributed by atoms with Crippen molar-refractivity contribution in [1.82, 2.24) is 0 Å². The number of aliphatic imine (C=N–C) groups is 1. The van der Waals surface area contributed by atoms with Crippen molar-refractivity contribution in [3.8, 4) is 5.75 Å². The molecule has 6 rings (SSSR count). The number of hydrogen-bond donors (Lipinski definition) is 0. The standard InChI is InChI=1S/C30H26ClNO3/c31-20-14-15-27(35-17-19-8-3-7-18-6-1-2-9-21(18)19)22(16-20)28-29-23(10-4-12-25(29)33)32-24-11-5-13-26(34)30(24)28/h1-3,6-9,14-16,28-29H,4-5,10-13,17H2/t28-,29?/m1/s1. The van der Waals surface area contributed by atoms with Gasteiger partial charge in [-0.05, 0) is 60.2 Å². The van der Waals surface area contributed by atoms with E-state index < -0.39 is 5.92 Å². The third-order valence-electron chi connectivity index (χ3n) is 7.48. The molecular weight excluding hydrogens is 458 g/mol. The molecule has 1 unspecified atom stereocenters. The zero-order chi connectivity index (χ0) is 23.9. The number of rotatable bonds is 4. The lowest BCUT2D eigenvalue weighted by atomic mass is 9.67. The molecule has 5 heteroatoms. The van der Waals surface area contributed by atoms with Gasteiger partial charge in [0.2, 0.25) is 0 Å². The summed E-state index contributed by atoms with van der Waals surface area (Å²) in [5.74, 6) is 0.113. The Morgan fingerprint density at radius 3 is 2.63 bits per heavy atom. The van der Waals surface area contributed by atoms with Crippen LogP contribution in [0.15, 0.2) is 76.9 Å². The van der Waals surface area contributed by atoms with Gasteiger partial charge in [-0.2, -0.15) is 0 Å². The Labute approximate surface area is 209 Å². The molecule has 1 heterocycles. The summed E-state index contributed by atoms with van der Waals surface area (Å²) in [6, 6.07) is 20.0. The number of ketones is 2. The number of Topliss-reactive ketones (excluding diaryl/α,β-unsaturated/α-hetero) is 2. The summed E-state index contributed by atoms with van der Waals surface area (Å²) in [6.45, 7) is 0.377. The molecular formula is C30H26ClNO3. The monoisotopic (exact) mass is 483 g/mol. The zero-order valence-electron chi connectivity index (χ0n) is 19.4. The van der Waals surface area contributed by atoms with Gasteiger partial charge in [0, 0.05) is 46.3 Å². The average Bonchev–Trinajstić information content (AvgIpc) is 2.87. The molecule has 3 aliphatic rings. The van der Waals surface area contributed by atoms with Crippen molar-refractivity contribution >= 4 is 39.7 Å². The summed E-state index contributed by atoms with van der Waals surface area (Å²) in [5, 5.41) is 2.87. The highest BCUT2D eigenvalue weighted by molar-refractivity contribution is 6.30. The molecule has 3 aromatic carbocycles. The van der Waals surface area contributed by atoms with Crippen molar-refractivity contribution in [3.63, 3.8) is 0 Å². The molecule has 0 aromatic heterocycles. The lowest BCUT2D eigenvalue weighted by molar-refractivity contribution is -0.122. The Balaban J connectivity index is 1.43. The van der Waals surface area contributed by atoms with E-state index in [1.807, 2.05) is 36.4 Å². The molecule has 1 aliphatic heterocycles. The van der Waals surface area contributed by atoms with E-state index >= 15 is 0 Å². The molecule has 35 heavy (non-hydrogen) atoms. The second-order valence-corrected chi connectivity index (χ2v) is 10.1. The van der Waals surface area contributed by atoms with Gasteiger partial charge in [-0.1, -0.05) is 54.1 Å². The molecule has 4 nitrogen and oxygen atoms in total. The Hall–Kier alpha value is -3.24. The van der Waals surface area contributed by atoms with Gasteiger partial charge >= 0.3 is 0 Å². The first-order valence-corrected chi connectivity index (χ1v) is 12.7. The molecule has 1 saturated carbocycles. The summed E-state index contributed by atoms with van der Waals surface area (Å²) < 4.78 is 6.43. The Bertz CT molecular complexity index is 1410. The second kappa shape index (κ2) is 9.09. The molecule has 1 fully saturated rings. The van der Waals surface area contributed by atoms with E-state index in [1.54, 1.807) is 0 Å². The fraction of sp³-hybridized carbons (Fsp3) is 0.300. The number of benzene rings is 3. The van der Waals surface area contributed by atoms with E-state index in [1.165, 1.54) is 0 Å². The highest BCUT2D eigenvalue weighted by Gasteiger charge is 2.45. The number of ether oxygens (including phenoxy) is 1. The third-order valence-corrected chi connectivity index (χ3v) is 7.72. The van der Waals surface area contributed by atoms with Crippen molar-refractivity contribution < 1.29 is 14.3 Å². The van der Waals surface area contributed by atoms with Crippen LogP contribution in [0.4, 0.5) is 0 Å². The van der Waals surface area contributed by atoms with Crippen LogP contribution in [0.2, 0.25) is 5.02 Å². The maximum absolute atomic E-state index is 13.2. The smallest absolute Gasteiger partial charge is 0.161 e. The minimum Gasteiger partial charge on any atom is -0.489 e. The lowest BCUT2D eigenvalue weighted by Gasteiger charge is -2.38. The van der Waals surface area contributed by atoms with E-state index in [0.29, 0.717) is 35.8 Å². The summed E-state index contributed by atoms with van der Waals surface area (Å²) in [6.07, 6.45) is 4.20. The minimum absolute atomic E-state index is 0.0948. The fourth-order valence-electron chi connectivity index (χ4n) is 5.90. The maximum Gasteiger partial charge on any atom is 0.161 e. The van der Waals surface area contributed by atoms with Crippen LogP contribution in [-0.2, 0) is 16.2 Å². The van der Waals surface area contributed by atoms with Crippen LogP contribution in [0.1, 0.15) is 55.6 Å². The molecule has 2 atom stereocenters. The van der Waals surface area contributed by atoms with Gasteiger partial charge < -0.3 is 4.74 Å². The second-order valence-electron chi connectivity index (χ2n) is 9.62. The summed E-state index contributed by atoms with van der Waals surface area (Å²) in [7, 11) is 0. The largest absolute Gasteiger partial charge is 0.489 e. The van der Waals surface area contributed by atoms with Crippen molar-refractivity contribution in [2.45, 2.75) is 51.0 Å². The van der Waals surface area contributed by atoms with Gasteiger partial charge in [0.05, 0.1) is 5.92 Å². The number of carbonyl (C=O) groups is 2. The molecule has 0 N–H and O–H groups in total. The number of allylic oxidation sites excluding steroid dienone is 2. The summed E-state index contributed by atoms with van der Waals surface area (Å²) in [5.41, 5.74) is 4.36. The van der Waals surface area contributed by atoms with Gasteiger partial charge in [0.25, 0.3) is 0 Å². The van der Waals surface area contributed by atoms with Crippen LogP contribution in [0.25, 0.3) is 10.8 Å².